The van der Waals surface area contributed by atoms with Gasteiger partial charge in [-0.05, 0) is 25.8 Å². The molecule has 36 heavy (non-hydrogen) atoms. The highest BCUT2D eigenvalue weighted by Crippen LogP contribution is 2.23. The summed E-state index contributed by atoms with van der Waals surface area (Å²) in [5.74, 6) is -0.735. The lowest BCUT2D eigenvalue weighted by Gasteiger charge is -2.14. The molecule has 0 saturated carbocycles. The second kappa shape index (κ2) is 14.0. The monoisotopic (exact) mass is 497 g/mol. The number of nitrogen functional groups attached to an aromatic ring is 1. The average molecular weight is 498 g/mol. The minimum Gasteiger partial charge on any atom is -0.368 e. The summed E-state index contributed by atoms with van der Waals surface area (Å²) in [5, 5.41) is 8.22. The molecule has 0 bridgehead atoms. The van der Waals surface area contributed by atoms with Gasteiger partial charge < -0.3 is 15.2 Å². The Balaban J connectivity index is 0.00000101. The molecule has 4 rings (SSSR count). The van der Waals surface area contributed by atoms with E-state index in [9.17, 15) is 13.6 Å². The van der Waals surface area contributed by atoms with E-state index in [0.717, 1.165) is 12.1 Å². The number of carbonyl (C=O) groups is 1. The van der Waals surface area contributed by atoms with E-state index in [4.69, 9.17) is 10.3 Å². The van der Waals surface area contributed by atoms with Crippen LogP contribution in [0.3, 0.4) is 0 Å². The van der Waals surface area contributed by atoms with E-state index in [1.54, 1.807) is 24.9 Å². The van der Waals surface area contributed by atoms with Gasteiger partial charge in [0.15, 0.2) is 23.0 Å². The van der Waals surface area contributed by atoms with Gasteiger partial charge in [0.2, 0.25) is 5.95 Å². The van der Waals surface area contributed by atoms with Crippen molar-refractivity contribution in [2.75, 3.05) is 19.3 Å². The van der Waals surface area contributed by atoms with E-state index in [2.05, 4.69) is 45.9 Å². The van der Waals surface area contributed by atoms with Crippen molar-refractivity contribution in [3.05, 3.63) is 47.1 Å². The third-order valence-electron chi connectivity index (χ3n) is 4.70. The molecule has 2 N–H and O–H groups in total. The molecular formula is C25H29F2N7O2. The summed E-state index contributed by atoms with van der Waals surface area (Å²) in [6.07, 6.45) is 17.9. The minimum atomic E-state index is -0.807. The third-order valence-corrected chi connectivity index (χ3v) is 4.70. The topological polar surface area (TPSA) is 115 Å². The average Bonchev–Trinajstić information content (AvgIpc) is 3.53. The summed E-state index contributed by atoms with van der Waals surface area (Å²) in [5.41, 5.74) is 6.33. The number of rotatable bonds is 6. The summed E-state index contributed by atoms with van der Waals surface area (Å²) in [7, 11) is 1.69. The van der Waals surface area contributed by atoms with Crippen molar-refractivity contribution in [3.8, 4) is 25.7 Å². The second-order valence-corrected chi connectivity index (χ2v) is 7.02. The predicted octanol–water partition coefficient (Wildman–Crippen LogP) is 4.05. The number of nitrogens with zero attached hydrogens (tertiary/aromatic N) is 6. The summed E-state index contributed by atoms with van der Waals surface area (Å²) in [6, 6.07) is 3.50. The molecule has 0 aliphatic heterocycles. The molecule has 1 amide bonds. The van der Waals surface area contributed by atoms with Crippen LogP contribution in [-0.2, 0) is 6.42 Å². The number of unbranched alkanes of at least 4 members (excludes halogenated alkanes) is 1. The van der Waals surface area contributed by atoms with Crippen LogP contribution in [0.15, 0.2) is 22.7 Å². The smallest absolute Gasteiger partial charge is 0.275 e. The van der Waals surface area contributed by atoms with Crippen molar-refractivity contribution in [2.24, 2.45) is 0 Å². The van der Waals surface area contributed by atoms with Crippen LogP contribution in [0.2, 0.25) is 0 Å². The first kappa shape index (κ1) is 29.5. The zero-order valence-electron chi connectivity index (χ0n) is 20.7. The zero-order valence-corrected chi connectivity index (χ0v) is 20.7. The maximum atomic E-state index is 14.0. The SMILES string of the molecule is C#C.C#C.CC.Cc1cc(C(=O)N(C)CCCCc2nc3c4cc(F)cc(F)c4nc(N)n3n2)no1. The standard InChI is InChI=1S/C19H19F2N7O2.C2H6.2C2H2/c1-10-7-14(26-30-10)18(29)27(2)6-4-3-5-15-23-17-12-8-11(20)9-13(21)16(12)24-19(22)28(17)25-15;3*1-2/h7-9H,3-6H2,1-2H3,(H2,22,24);1-2H3;2*1-2H. The van der Waals surface area contributed by atoms with Gasteiger partial charge in [-0.15, -0.1) is 30.8 Å². The third kappa shape index (κ3) is 6.76. The van der Waals surface area contributed by atoms with E-state index in [0.29, 0.717) is 37.4 Å². The molecule has 0 fully saturated rings. The summed E-state index contributed by atoms with van der Waals surface area (Å²) >= 11 is 0. The number of fused-ring (bicyclic) bond motifs is 3. The molecular weight excluding hydrogens is 468 g/mol. The number of hydrogen-bond donors (Lipinski definition) is 1. The number of nitrogens with two attached hydrogens (primary N) is 1. The van der Waals surface area contributed by atoms with Crippen LogP contribution in [0.25, 0.3) is 16.6 Å². The molecule has 11 heteroatoms. The van der Waals surface area contributed by atoms with E-state index in [1.807, 2.05) is 13.8 Å². The van der Waals surface area contributed by atoms with Gasteiger partial charge in [-0.2, -0.15) is 4.52 Å². The number of anilines is 1. The highest BCUT2D eigenvalue weighted by atomic mass is 19.1. The first-order valence-electron chi connectivity index (χ1n) is 11.0. The lowest BCUT2D eigenvalue weighted by molar-refractivity contribution is 0.0782. The number of halogens is 2. The Morgan fingerprint density at radius 1 is 1.11 bits per heavy atom. The lowest BCUT2D eigenvalue weighted by atomic mass is 10.2. The summed E-state index contributed by atoms with van der Waals surface area (Å²) in [4.78, 5) is 22.2. The molecule has 190 valence electrons. The van der Waals surface area contributed by atoms with Gasteiger partial charge in [0.25, 0.3) is 5.91 Å². The fourth-order valence-electron chi connectivity index (χ4n) is 3.20. The molecule has 0 radical (unpaired) electrons. The van der Waals surface area contributed by atoms with Crippen LogP contribution < -0.4 is 5.73 Å². The second-order valence-electron chi connectivity index (χ2n) is 7.02. The molecule has 4 aromatic rings. The first-order chi connectivity index (χ1) is 17.3. The Labute approximate surface area is 208 Å². The van der Waals surface area contributed by atoms with Crippen molar-refractivity contribution in [3.63, 3.8) is 0 Å². The molecule has 0 unspecified atom stereocenters. The molecule has 0 spiro atoms. The van der Waals surface area contributed by atoms with Crippen LogP contribution >= 0.6 is 0 Å². The van der Waals surface area contributed by atoms with E-state index in [-0.39, 0.29) is 34.1 Å². The Hall–Kier alpha value is -4.51. The highest BCUT2D eigenvalue weighted by Gasteiger charge is 2.17. The van der Waals surface area contributed by atoms with Gasteiger partial charge in [-0.1, -0.05) is 19.0 Å². The van der Waals surface area contributed by atoms with Crippen LogP contribution in [0.1, 0.15) is 48.8 Å². The summed E-state index contributed by atoms with van der Waals surface area (Å²) < 4.78 is 33.9. The number of hydrogen-bond acceptors (Lipinski definition) is 7. The molecule has 0 saturated heterocycles. The van der Waals surface area contributed by atoms with Gasteiger partial charge in [0.05, 0.1) is 5.39 Å². The van der Waals surface area contributed by atoms with Gasteiger partial charge >= 0.3 is 0 Å². The van der Waals surface area contributed by atoms with E-state index >= 15 is 0 Å². The van der Waals surface area contributed by atoms with Crippen LogP contribution in [0, 0.1) is 44.3 Å². The van der Waals surface area contributed by atoms with E-state index < -0.39 is 11.6 Å². The van der Waals surface area contributed by atoms with Crippen molar-refractivity contribution in [2.45, 2.75) is 40.0 Å². The van der Waals surface area contributed by atoms with Crippen molar-refractivity contribution in [1.29, 1.82) is 0 Å². The van der Waals surface area contributed by atoms with Gasteiger partial charge in [-0.3, -0.25) is 4.79 Å². The fraction of sp³-hybridized carbons (Fsp3) is 0.320. The first-order valence-corrected chi connectivity index (χ1v) is 11.0. The van der Waals surface area contributed by atoms with Crippen LogP contribution in [-0.4, -0.2) is 49.1 Å². The Kier molecular flexibility index (Phi) is 11.5. The van der Waals surface area contributed by atoms with Crippen LogP contribution in [0.5, 0.6) is 0 Å². The quantitative estimate of drug-likeness (QED) is 0.316. The molecule has 1 aromatic carbocycles. The number of benzene rings is 1. The number of carbonyl (C=O) groups excluding carboxylic acids is 1. The van der Waals surface area contributed by atoms with Crippen LogP contribution in [0.4, 0.5) is 14.7 Å². The lowest BCUT2D eigenvalue weighted by Crippen LogP contribution is -2.28. The van der Waals surface area contributed by atoms with Gasteiger partial charge in [0.1, 0.15) is 17.1 Å². The number of terminal acetylenes is 2. The Bertz CT molecular complexity index is 1340. The normalized spacial score (nSPS) is 9.83. The molecule has 0 aliphatic carbocycles. The predicted molar refractivity (Wildman–Crippen MR) is 135 cm³/mol. The molecule has 9 nitrogen and oxygen atoms in total. The zero-order chi connectivity index (χ0) is 27.4. The molecule has 0 atom stereocenters. The molecule has 3 aromatic heterocycles. The summed E-state index contributed by atoms with van der Waals surface area (Å²) in [6.45, 7) is 6.24. The van der Waals surface area contributed by atoms with Crippen molar-refractivity contribution >= 4 is 28.4 Å². The Morgan fingerprint density at radius 2 is 1.78 bits per heavy atom. The van der Waals surface area contributed by atoms with Gasteiger partial charge in [0, 0.05) is 32.1 Å². The number of aromatic nitrogens is 5. The minimum absolute atomic E-state index is 0.0324. The Morgan fingerprint density at radius 3 is 2.39 bits per heavy atom. The molecule has 3 heterocycles. The van der Waals surface area contributed by atoms with Crippen molar-refractivity contribution in [1.82, 2.24) is 29.6 Å². The fourth-order valence-corrected chi connectivity index (χ4v) is 3.20. The van der Waals surface area contributed by atoms with E-state index in [1.165, 1.54) is 4.52 Å². The number of aryl methyl sites for hydroxylation is 2. The number of amides is 1. The van der Waals surface area contributed by atoms with Gasteiger partial charge in [-0.25, -0.2) is 18.7 Å². The molecule has 0 aliphatic rings. The maximum absolute atomic E-state index is 14.0. The van der Waals surface area contributed by atoms with Crippen molar-refractivity contribution < 1.29 is 18.1 Å². The largest absolute Gasteiger partial charge is 0.368 e. The maximum Gasteiger partial charge on any atom is 0.275 e. The highest BCUT2D eigenvalue weighted by molar-refractivity contribution is 5.93.